The van der Waals surface area contributed by atoms with Crippen molar-refractivity contribution in [3.63, 3.8) is 0 Å². The van der Waals surface area contributed by atoms with Crippen molar-refractivity contribution >= 4 is 27.7 Å². The molecule has 6 heteroatoms. The number of aryl methyl sites for hydroxylation is 2. The van der Waals surface area contributed by atoms with Crippen molar-refractivity contribution in [1.29, 1.82) is 0 Å². The number of hydrogen-bond donors (Lipinski definition) is 2. The summed E-state index contributed by atoms with van der Waals surface area (Å²) in [5.74, 6) is -0.218. The summed E-state index contributed by atoms with van der Waals surface area (Å²) in [4.78, 5) is 12.2. The number of amides is 1. The Labute approximate surface area is 147 Å². The van der Waals surface area contributed by atoms with Crippen molar-refractivity contribution in [2.45, 2.75) is 24.2 Å². The van der Waals surface area contributed by atoms with Gasteiger partial charge in [-0.15, -0.1) is 0 Å². The maximum absolute atomic E-state index is 12.1. The number of hydrogen-bond acceptors (Lipinski definition) is 3. The number of sulfonamides is 1. The van der Waals surface area contributed by atoms with Gasteiger partial charge < -0.3 is 5.32 Å². The molecule has 1 aliphatic carbocycles. The molecule has 0 spiro atoms. The van der Waals surface area contributed by atoms with Crippen LogP contribution in [-0.2, 0) is 27.7 Å². The van der Waals surface area contributed by atoms with E-state index in [2.05, 4.69) is 16.1 Å². The maximum Gasteiger partial charge on any atom is 0.248 e. The standard InChI is InChI=1S/C19H20N2O3S/c1-20-25(23,24)18-10-5-14(6-11-18)7-12-19(22)21-17-9-8-15-3-2-4-16(15)13-17/h5-13,20H,2-4H2,1H3,(H,21,22)/b12-7+. The van der Waals surface area contributed by atoms with Gasteiger partial charge in [-0.2, -0.15) is 0 Å². The quantitative estimate of drug-likeness (QED) is 0.809. The minimum Gasteiger partial charge on any atom is -0.323 e. The SMILES string of the molecule is CNS(=O)(=O)c1ccc(/C=C/C(=O)Nc2ccc3c(c2)CCC3)cc1. The fourth-order valence-corrected chi connectivity index (χ4v) is 3.61. The van der Waals surface area contributed by atoms with Gasteiger partial charge in [0.15, 0.2) is 0 Å². The molecule has 0 fully saturated rings. The molecule has 2 aromatic rings. The number of carbonyl (C=O) groups excluding carboxylic acids is 1. The lowest BCUT2D eigenvalue weighted by atomic mass is 10.1. The number of carbonyl (C=O) groups is 1. The van der Waals surface area contributed by atoms with E-state index >= 15 is 0 Å². The van der Waals surface area contributed by atoms with Gasteiger partial charge in [-0.3, -0.25) is 4.79 Å². The third-order valence-corrected chi connectivity index (χ3v) is 5.68. The van der Waals surface area contributed by atoms with E-state index in [4.69, 9.17) is 0 Å². The van der Waals surface area contributed by atoms with Crippen LogP contribution in [0.5, 0.6) is 0 Å². The number of nitrogens with one attached hydrogen (secondary N) is 2. The minimum atomic E-state index is -3.45. The third-order valence-electron chi connectivity index (χ3n) is 4.25. The van der Waals surface area contributed by atoms with E-state index in [0.717, 1.165) is 24.1 Å². The van der Waals surface area contributed by atoms with Crippen LogP contribution in [0.25, 0.3) is 6.08 Å². The molecule has 1 aliphatic rings. The first-order valence-corrected chi connectivity index (χ1v) is 9.61. The zero-order valence-electron chi connectivity index (χ0n) is 14.0. The van der Waals surface area contributed by atoms with Crippen LogP contribution in [0.4, 0.5) is 5.69 Å². The van der Waals surface area contributed by atoms with E-state index in [1.807, 2.05) is 12.1 Å². The topological polar surface area (TPSA) is 75.3 Å². The monoisotopic (exact) mass is 356 g/mol. The summed E-state index contributed by atoms with van der Waals surface area (Å²) in [6.45, 7) is 0. The summed E-state index contributed by atoms with van der Waals surface area (Å²) in [5, 5.41) is 2.86. The molecule has 0 unspecified atom stereocenters. The zero-order chi connectivity index (χ0) is 17.9. The molecular formula is C19H20N2O3S. The van der Waals surface area contributed by atoms with Gasteiger partial charge in [0.1, 0.15) is 0 Å². The Bertz CT molecular complexity index is 916. The third kappa shape index (κ3) is 4.15. The van der Waals surface area contributed by atoms with Gasteiger partial charge in [0.25, 0.3) is 0 Å². The van der Waals surface area contributed by atoms with Gasteiger partial charge in [0.2, 0.25) is 15.9 Å². The maximum atomic E-state index is 12.1. The van der Waals surface area contributed by atoms with E-state index in [-0.39, 0.29) is 10.8 Å². The summed E-state index contributed by atoms with van der Waals surface area (Å²) in [7, 11) is -2.08. The lowest BCUT2D eigenvalue weighted by Crippen LogP contribution is -2.18. The molecule has 0 bridgehead atoms. The molecule has 2 aromatic carbocycles. The van der Waals surface area contributed by atoms with Gasteiger partial charge in [0.05, 0.1) is 4.90 Å². The van der Waals surface area contributed by atoms with Gasteiger partial charge in [0, 0.05) is 11.8 Å². The normalized spacial score (nSPS) is 13.8. The van der Waals surface area contributed by atoms with Crippen LogP contribution in [0.1, 0.15) is 23.1 Å². The minimum absolute atomic E-state index is 0.190. The Kier molecular flexibility index (Phi) is 5.01. The van der Waals surface area contributed by atoms with Gasteiger partial charge in [-0.05, 0) is 73.3 Å². The van der Waals surface area contributed by atoms with Crippen molar-refractivity contribution in [3.05, 3.63) is 65.2 Å². The van der Waals surface area contributed by atoms with Crippen LogP contribution in [-0.4, -0.2) is 21.4 Å². The highest BCUT2D eigenvalue weighted by Gasteiger charge is 2.11. The lowest BCUT2D eigenvalue weighted by Gasteiger charge is -2.05. The molecule has 3 rings (SSSR count). The van der Waals surface area contributed by atoms with Gasteiger partial charge in [-0.25, -0.2) is 13.1 Å². The smallest absolute Gasteiger partial charge is 0.248 e. The summed E-state index contributed by atoms with van der Waals surface area (Å²) in [6, 6.07) is 12.3. The van der Waals surface area contributed by atoms with Crippen molar-refractivity contribution < 1.29 is 13.2 Å². The summed E-state index contributed by atoms with van der Waals surface area (Å²) in [5.41, 5.74) is 4.22. The Morgan fingerprint density at radius 3 is 2.48 bits per heavy atom. The molecule has 1 amide bonds. The van der Waals surface area contributed by atoms with Crippen molar-refractivity contribution in [3.8, 4) is 0 Å². The van der Waals surface area contributed by atoms with Crippen LogP contribution in [0.15, 0.2) is 53.4 Å². The molecule has 0 aromatic heterocycles. The molecule has 25 heavy (non-hydrogen) atoms. The first-order chi connectivity index (χ1) is 12.0. The highest BCUT2D eigenvalue weighted by Crippen LogP contribution is 2.24. The molecule has 130 valence electrons. The summed E-state index contributed by atoms with van der Waals surface area (Å²) >= 11 is 0. The average molecular weight is 356 g/mol. The molecular weight excluding hydrogens is 336 g/mol. The molecule has 2 N–H and O–H groups in total. The Hall–Kier alpha value is -2.44. The molecule has 0 radical (unpaired) electrons. The fourth-order valence-electron chi connectivity index (χ4n) is 2.88. The van der Waals surface area contributed by atoms with E-state index in [1.165, 1.54) is 42.8 Å². The first kappa shape index (κ1) is 17.4. The average Bonchev–Trinajstić information content (AvgIpc) is 3.08. The van der Waals surface area contributed by atoms with Crippen molar-refractivity contribution in [1.82, 2.24) is 4.72 Å². The van der Waals surface area contributed by atoms with Crippen LogP contribution in [0.2, 0.25) is 0 Å². The number of benzene rings is 2. The molecule has 0 atom stereocenters. The van der Waals surface area contributed by atoms with E-state index < -0.39 is 10.0 Å². The van der Waals surface area contributed by atoms with Crippen LogP contribution < -0.4 is 10.0 Å². The Morgan fingerprint density at radius 1 is 1.04 bits per heavy atom. The molecule has 5 nitrogen and oxygen atoms in total. The summed E-state index contributed by atoms with van der Waals surface area (Å²) < 4.78 is 25.6. The highest BCUT2D eigenvalue weighted by molar-refractivity contribution is 7.89. The molecule has 0 aliphatic heterocycles. The lowest BCUT2D eigenvalue weighted by molar-refractivity contribution is -0.111. The van der Waals surface area contributed by atoms with Gasteiger partial charge >= 0.3 is 0 Å². The second-order valence-corrected chi connectivity index (χ2v) is 7.82. The molecule has 0 heterocycles. The predicted molar refractivity (Wildman–Crippen MR) is 98.8 cm³/mol. The fraction of sp³-hybridized carbons (Fsp3) is 0.211. The number of rotatable bonds is 5. The van der Waals surface area contributed by atoms with E-state index in [9.17, 15) is 13.2 Å². The molecule has 0 saturated carbocycles. The number of anilines is 1. The summed E-state index contributed by atoms with van der Waals surface area (Å²) in [6.07, 6.45) is 6.44. The first-order valence-electron chi connectivity index (χ1n) is 8.12. The predicted octanol–water partition coefficient (Wildman–Crippen LogP) is 2.74. The Morgan fingerprint density at radius 2 is 1.76 bits per heavy atom. The highest BCUT2D eigenvalue weighted by atomic mass is 32.2. The van der Waals surface area contributed by atoms with Crippen LogP contribution in [0, 0.1) is 0 Å². The van der Waals surface area contributed by atoms with Crippen molar-refractivity contribution in [2.75, 3.05) is 12.4 Å². The number of fused-ring (bicyclic) bond motifs is 1. The zero-order valence-corrected chi connectivity index (χ0v) is 14.8. The van der Waals surface area contributed by atoms with Gasteiger partial charge in [-0.1, -0.05) is 18.2 Å². The second-order valence-electron chi connectivity index (χ2n) is 5.94. The van der Waals surface area contributed by atoms with Crippen molar-refractivity contribution in [2.24, 2.45) is 0 Å². The largest absolute Gasteiger partial charge is 0.323 e. The Balaban J connectivity index is 1.64. The van der Waals surface area contributed by atoms with E-state index in [1.54, 1.807) is 18.2 Å². The molecule has 0 saturated heterocycles. The van der Waals surface area contributed by atoms with Crippen LogP contribution in [0.3, 0.4) is 0 Å². The van der Waals surface area contributed by atoms with E-state index in [0.29, 0.717) is 0 Å². The second kappa shape index (κ2) is 7.21. The van der Waals surface area contributed by atoms with Crippen LogP contribution >= 0.6 is 0 Å².